The number of alkyl carbamates (subject to hydrolysis) is 1. The molecule has 33 heavy (non-hydrogen) atoms. The molecular weight excluding hydrogens is 460 g/mol. The van der Waals surface area contributed by atoms with Crippen LogP contribution in [0.5, 0.6) is 0 Å². The van der Waals surface area contributed by atoms with Gasteiger partial charge in [0.25, 0.3) is 5.69 Å². The Morgan fingerprint density at radius 3 is 2.39 bits per heavy atom. The van der Waals surface area contributed by atoms with Gasteiger partial charge in [0, 0.05) is 18.7 Å². The average Bonchev–Trinajstić information content (AvgIpc) is 3.20. The summed E-state index contributed by atoms with van der Waals surface area (Å²) in [6, 6.07) is 1.54. The van der Waals surface area contributed by atoms with Crippen molar-refractivity contribution in [2.24, 2.45) is 0 Å². The summed E-state index contributed by atoms with van der Waals surface area (Å²) in [5, 5.41) is 24.7. The highest BCUT2D eigenvalue weighted by atomic mass is 32.2. The zero-order valence-electron chi connectivity index (χ0n) is 18.3. The number of carboxylic acid groups (broad SMARTS) is 1. The lowest BCUT2D eigenvalue weighted by Crippen LogP contribution is -2.54. The van der Waals surface area contributed by atoms with Crippen molar-refractivity contribution in [3.05, 3.63) is 34.4 Å². The molecule has 0 spiro atoms. The summed E-state index contributed by atoms with van der Waals surface area (Å²) in [5.41, 5.74) is -1.09. The molecule has 2 rings (SSSR count). The second kappa shape index (κ2) is 10.1. The first kappa shape index (κ1) is 26.0. The summed E-state index contributed by atoms with van der Waals surface area (Å²) in [6.45, 7) is 4.43. The maximum Gasteiger partial charge on any atom is 0.407 e. The summed E-state index contributed by atoms with van der Waals surface area (Å²) in [6.07, 6.45) is -0.353. The maximum atomic E-state index is 13.0. The van der Waals surface area contributed by atoms with Crippen molar-refractivity contribution < 1.29 is 37.6 Å². The topological polar surface area (TPSA) is 185 Å². The van der Waals surface area contributed by atoms with Crippen LogP contribution in [0, 0.1) is 10.1 Å². The smallest absolute Gasteiger partial charge is 0.407 e. The van der Waals surface area contributed by atoms with Crippen LogP contribution in [0.2, 0.25) is 0 Å². The van der Waals surface area contributed by atoms with Gasteiger partial charge in [-0.2, -0.15) is 4.31 Å². The minimum absolute atomic E-state index is 0.0192. The standard InChI is InChI=1S/C19H26N4O9S/c1-19(2,3)32-18(27)20-11-14(17(25)26)21-16(24)15-5-4-10-22(15)33(30,31)13-8-6-12(7-9-13)23(28)29/h6-9,14-15H,4-5,10-11H2,1-3H3,(H,20,27)(H,21,24)(H,25,26)/t14-,15-/m0/s1. The molecule has 2 amide bonds. The molecule has 182 valence electrons. The van der Waals surface area contributed by atoms with Gasteiger partial charge in [0.2, 0.25) is 15.9 Å². The number of nitro groups is 1. The van der Waals surface area contributed by atoms with Crippen molar-refractivity contribution in [2.75, 3.05) is 13.1 Å². The third kappa shape index (κ3) is 6.86. The fourth-order valence-electron chi connectivity index (χ4n) is 3.13. The fourth-order valence-corrected chi connectivity index (χ4v) is 4.79. The van der Waals surface area contributed by atoms with E-state index in [0.717, 1.165) is 28.6 Å². The van der Waals surface area contributed by atoms with E-state index in [9.17, 15) is 38.0 Å². The molecule has 3 N–H and O–H groups in total. The van der Waals surface area contributed by atoms with E-state index in [-0.39, 0.29) is 23.5 Å². The molecule has 1 aliphatic rings. The van der Waals surface area contributed by atoms with Crippen LogP contribution in [0.15, 0.2) is 29.2 Å². The van der Waals surface area contributed by atoms with Crippen molar-refractivity contribution in [1.82, 2.24) is 14.9 Å². The van der Waals surface area contributed by atoms with Crippen LogP contribution in [-0.4, -0.2) is 71.5 Å². The largest absolute Gasteiger partial charge is 0.480 e. The number of hydrogen-bond acceptors (Lipinski definition) is 8. The lowest BCUT2D eigenvalue weighted by atomic mass is 10.2. The third-order valence-corrected chi connectivity index (χ3v) is 6.55. The van der Waals surface area contributed by atoms with Crippen LogP contribution in [0.25, 0.3) is 0 Å². The maximum absolute atomic E-state index is 13.0. The molecule has 13 nitrogen and oxygen atoms in total. The quantitative estimate of drug-likeness (QED) is 0.354. The molecule has 1 aromatic rings. The molecular formula is C19H26N4O9S. The lowest BCUT2D eigenvalue weighted by molar-refractivity contribution is -0.384. The Kier molecular flexibility index (Phi) is 7.97. The molecule has 0 aromatic heterocycles. The highest BCUT2D eigenvalue weighted by molar-refractivity contribution is 7.89. The molecule has 0 saturated carbocycles. The fraction of sp³-hybridized carbons (Fsp3) is 0.526. The Morgan fingerprint density at radius 1 is 1.27 bits per heavy atom. The third-order valence-electron chi connectivity index (χ3n) is 4.62. The van der Waals surface area contributed by atoms with Gasteiger partial charge in [0.1, 0.15) is 17.7 Å². The molecule has 1 aromatic carbocycles. The minimum atomic E-state index is -4.16. The van der Waals surface area contributed by atoms with Gasteiger partial charge in [-0.3, -0.25) is 14.9 Å². The van der Waals surface area contributed by atoms with Gasteiger partial charge in [0.05, 0.1) is 16.4 Å². The zero-order valence-corrected chi connectivity index (χ0v) is 19.1. The van der Waals surface area contributed by atoms with Crippen molar-refractivity contribution in [1.29, 1.82) is 0 Å². The van der Waals surface area contributed by atoms with E-state index < -0.39 is 57.1 Å². The number of aliphatic carboxylic acids is 1. The SMILES string of the molecule is CC(C)(C)OC(=O)NC[C@H](NC(=O)[C@@H]1CCCN1S(=O)(=O)c1ccc([N+](=O)[O-])cc1)C(=O)O. The number of nitrogens with zero attached hydrogens (tertiary/aromatic N) is 2. The molecule has 1 heterocycles. The summed E-state index contributed by atoms with van der Waals surface area (Å²) >= 11 is 0. The van der Waals surface area contributed by atoms with E-state index in [2.05, 4.69) is 10.6 Å². The lowest BCUT2D eigenvalue weighted by Gasteiger charge is -2.25. The molecule has 0 unspecified atom stereocenters. The van der Waals surface area contributed by atoms with Crippen LogP contribution < -0.4 is 10.6 Å². The first-order chi connectivity index (χ1) is 15.2. The molecule has 0 bridgehead atoms. The first-order valence-corrected chi connectivity index (χ1v) is 11.4. The van der Waals surface area contributed by atoms with Crippen LogP contribution in [0.4, 0.5) is 10.5 Å². The number of amides is 2. The zero-order chi connectivity index (χ0) is 25.0. The average molecular weight is 487 g/mol. The number of hydrogen-bond donors (Lipinski definition) is 3. The number of ether oxygens (including phenoxy) is 1. The van der Waals surface area contributed by atoms with Gasteiger partial charge in [0.15, 0.2) is 0 Å². The number of carboxylic acids is 1. The van der Waals surface area contributed by atoms with Crippen LogP contribution in [-0.2, 0) is 24.3 Å². The number of nitrogens with one attached hydrogen (secondary N) is 2. The molecule has 1 aliphatic heterocycles. The monoisotopic (exact) mass is 486 g/mol. The van der Waals surface area contributed by atoms with Gasteiger partial charge in [-0.15, -0.1) is 0 Å². The Hall–Kier alpha value is -3.26. The summed E-state index contributed by atoms with van der Waals surface area (Å²) < 4.78 is 31.9. The van der Waals surface area contributed by atoms with Crippen LogP contribution in [0.3, 0.4) is 0 Å². The van der Waals surface area contributed by atoms with Crippen molar-refractivity contribution >= 4 is 33.7 Å². The number of sulfonamides is 1. The second-order valence-corrected chi connectivity index (χ2v) is 10.2. The van der Waals surface area contributed by atoms with E-state index >= 15 is 0 Å². The Morgan fingerprint density at radius 2 is 1.88 bits per heavy atom. The van der Waals surface area contributed by atoms with Gasteiger partial charge >= 0.3 is 12.1 Å². The molecule has 0 radical (unpaired) electrons. The van der Waals surface area contributed by atoms with Crippen LogP contribution >= 0.6 is 0 Å². The van der Waals surface area contributed by atoms with E-state index in [1.807, 2.05) is 0 Å². The number of non-ortho nitro benzene ring substituents is 1. The number of nitro benzene ring substituents is 1. The molecule has 1 fully saturated rings. The number of benzene rings is 1. The van der Waals surface area contributed by atoms with Gasteiger partial charge < -0.3 is 20.5 Å². The number of carbonyl (C=O) groups is 3. The van der Waals surface area contributed by atoms with Crippen LogP contribution in [0.1, 0.15) is 33.6 Å². The predicted molar refractivity (Wildman–Crippen MR) is 114 cm³/mol. The Labute approximate surface area is 190 Å². The van der Waals surface area contributed by atoms with Gasteiger partial charge in [-0.25, -0.2) is 18.0 Å². The molecule has 1 saturated heterocycles. The highest BCUT2D eigenvalue weighted by Gasteiger charge is 2.40. The van der Waals surface area contributed by atoms with Crippen molar-refractivity contribution in [3.8, 4) is 0 Å². The summed E-state index contributed by atoms with van der Waals surface area (Å²) in [5.74, 6) is -2.27. The predicted octanol–water partition coefficient (Wildman–Crippen LogP) is 0.842. The number of carbonyl (C=O) groups excluding carboxylic acids is 2. The second-order valence-electron chi connectivity index (χ2n) is 8.31. The van der Waals surface area contributed by atoms with E-state index in [1.165, 1.54) is 0 Å². The van der Waals surface area contributed by atoms with E-state index in [1.54, 1.807) is 20.8 Å². The minimum Gasteiger partial charge on any atom is -0.480 e. The normalized spacial score (nSPS) is 17.7. The molecule has 14 heteroatoms. The van der Waals surface area contributed by atoms with Crippen molar-refractivity contribution in [2.45, 2.75) is 56.2 Å². The van der Waals surface area contributed by atoms with Gasteiger partial charge in [-0.1, -0.05) is 0 Å². The first-order valence-electron chi connectivity index (χ1n) is 9.98. The molecule has 0 aliphatic carbocycles. The highest BCUT2D eigenvalue weighted by Crippen LogP contribution is 2.27. The Bertz CT molecular complexity index is 1020. The summed E-state index contributed by atoms with van der Waals surface area (Å²) in [7, 11) is -4.16. The van der Waals surface area contributed by atoms with E-state index in [4.69, 9.17) is 4.74 Å². The Balaban J connectivity index is 2.11. The van der Waals surface area contributed by atoms with Crippen molar-refractivity contribution in [3.63, 3.8) is 0 Å². The van der Waals surface area contributed by atoms with Gasteiger partial charge in [-0.05, 0) is 45.7 Å². The summed E-state index contributed by atoms with van der Waals surface area (Å²) in [4.78, 5) is 46.0. The molecule has 2 atom stereocenters. The number of rotatable bonds is 8. The van der Waals surface area contributed by atoms with E-state index in [0.29, 0.717) is 6.42 Å².